The van der Waals surface area contributed by atoms with Crippen LogP contribution in [-0.4, -0.2) is 66.9 Å². The van der Waals surface area contributed by atoms with Gasteiger partial charge in [-0.3, -0.25) is 14.4 Å². The molecule has 33 heavy (non-hydrogen) atoms. The van der Waals surface area contributed by atoms with E-state index in [-0.39, 0.29) is 36.2 Å². The van der Waals surface area contributed by atoms with E-state index in [4.69, 9.17) is 0 Å². The summed E-state index contributed by atoms with van der Waals surface area (Å²) < 4.78 is 29.8. The molecule has 0 radical (unpaired) electrons. The number of hydrogen-bond donors (Lipinski definition) is 0. The zero-order valence-electron chi connectivity index (χ0n) is 18.1. The third-order valence-corrected chi connectivity index (χ3v) is 5.94. The third kappa shape index (κ3) is 5.13. The summed E-state index contributed by atoms with van der Waals surface area (Å²) in [7, 11) is 0. The van der Waals surface area contributed by atoms with E-state index in [1.165, 1.54) is 23.1 Å². The number of carbonyl (C=O) groups is 3. The van der Waals surface area contributed by atoms with Gasteiger partial charge in [0.15, 0.2) is 0 Å². The van der Waals surface area contributed by atoms with Crippen LogP contribution in [0.1, 0.15) is 40.0 Å². The quantitative estimate of drug-likeness (QED) is 0.690. The molecule has 0 saturated carbocycles. The molecule has 0 atom stereocenters. The van der Waals surface area contributed by atoms with Crippen LogP contribution in [0, 0.1) is 0 Å². The molecule has 0 aliphatic carbocycles. The molecule has 4 rings (SSSR count). The van der Waals surface area contributed by atoms with Crippen molar-refractivity contribution >= 4 is 23.4 Å². The van der Waals surface area contributed by atoms with Crippen molar-refractivity contribution in [3.05, 3.63) is 59.7 Å². The predicted octanol–water partition coefficient (Wildman–Crippen LogP) is 3.40. The minimum absolute atomic E-state index is 0.0698. The minimum atomic E-state index is -3.02. The molecule has 2 fully saturated rings. The van der Waals surface area contributed by atoms with Gasteiger partial charge in [-0.15, -0.1) is 0 Å². The Morgan fingerprint density at radius 1 is 0.818 bits per heavy atom. The van der Waals surface area contributed by atoms with Gasteiger partial charge < -0.3 is 19.4 Å². The van der Waals surface area contributed by atoms with Gasteiger partial charge in [0, 0.05) is 50.4 Å². The molecular formula is C24H25F2N3O4. The number of alkyl halides is 2. The lowest BCUT2D eigenvalue weighted by atomic mass is 10.1. The number of para-hydroxylation sites is 1. The first-order chi connectivity index (χ1) is 15.9. The van der Waals surface area contributed by atoms with Crippen LogP contribution in [0.4, 0.5) is 14.5 Å². The monoisotopic (exact) mass is 457 g/mol. The fourth-order valence-corrected chi connectivity index (χ4v) is 4.17. The first kappa shape index (κ1) is 22.7. The Kier molecular flexibility index (Phi) is 6.86. The summed E-state index contributed by atoms with van der Waals surface area (Å²) >= 11 is 0. The maximum absolute atomic E-state index is 12.9. The van der Waals surface area contributed by atoms with E-state index in [0.29, 0.717) is 31.6 Å². The number of halogens is 2. The molecule has 0 bridgehead atoms. The van der Waals surface area contributed by atoms with E-state index in [0.717, 1.165) is 18.5 Å². The summed E-state index contributed by atoms with van der Waals surface area (Å²) in [5.41, 5.74) is 1.37. The Morgan fingerprint density at radius 2 is 1.45 bits per heavy atom. The first-order valence-electron chi connectivity index (χ1n) is 11.0. The van der Waals surface area contributed by atoms with Crippen molar-refractivity contribution in [3.8, 4) is 5.75 Å². The number of ether oxygens (including phenoxy) is 1. The number of piperazine rings is 1. The predicted molar refractivity (Wildman–Crippen MR) is 118 cm³/mol. The number of amides is 3. The summed E-state index contributed by atoms with van der Waals surface area (Å²) in [5.74, 6) is -0.626. The van der Waals surface area contributed by atoms with Crippen LogP contribution in [0.3, 0.4) is 0 Å². The average molecular weight is 457 g/mol. The van der Waals surface area contributed by atoms with Crippen molar-refractivity contribution < 1.29 is 27.9 Å². The van der Waals surface area contributed by atoms with Gasteiger partial charge in [0.2, 0.25) is 5.91 Å². The standard InChI is InChI=1S/C24H25F2N3O4/c25-24(26)33-20-6-2-1-5-19(20)23(32)28-15-13-27(14-16-28)22(31)17-8-10-18(11-9-17)29-12-4-3-7-21(29)30/h1-2,5-6,8-11,24H,3-4,7,12-16H2. The molecular weight excluding hydrogens is 432 g/mol. The van der Waals surface area contributed by atoms with E-state index in [1.807, 2.05) is 0 Å². The lowest BCUT2D eigenvalue weighted by Gasteiger charge is -2.35. The largest absolute Gasteiger partial charge is 0.434 e. The number of carbonyl (C=O) groups excluding carboxylic acids is 3. The van der Waals surface area contributed by atoms with E-state index in [9.17, 15) is 23.2 Å². The van der Waals surface area contributed by atoms with Crippen LogP contribution in [0.15, 0.2) is 48.5 Å². The fraction of sp³-hybridized carbons (Fsp3) is 0.375. The second-order valence-corrected chi connectivity index (χ2v) is 8.01. The Hall–Kier alpha value is -3.49. The van der Waals surface area contributed by atoms with Gasteiger partial charge >= 0.3 is 6.61 Å². The minimum Gasteiger partial charge on any atom is -0.434 e. The molecule has 0 aromatic heterocycles. The van der Waals surface area contributed by atoms with Crippen molar-refractivity contribution in [3.63, 3.8) is 0 Å². The molecule has 2 aromatic carbocycles. The Balaban J connectivity index is 1.36. The van der Waals surface area contributed by atoms with Gasteiger partial charge in [0.1, 0.15) is 5.75 Å². The van der Waals surface area contributed by atoms with Crippen molar-refractivity contribution in [2.75, 3.05) is 37.6 Å². The number of hydrogen-bond acceptors (Lipinski definition) is 4. The summed E-state index contributed by atoms with van der Waals surface area (Å²) in [4.78, 5) is 42.8. The number of anilines is 1. The lowest BCUT2D eigenvalue weighted by molar-refractivity contribution is -0.119. The van der Waals surface area contributed by atoms with Crippen LogP contribution in [0.5, 0.6) is 5.75 Å². The molecule has 3 amide bonds. The Morgan fingerprint density at radius 3 is 2.09 bits per heavy atom. The molecule has 2 aliphatic rings. The van der Waals surface area contributed by atoms with Crippen LogP contribution in [-0.2, 0) is 4.79 Å². The highest BCUT2D eigenvalue weighted by molar-refractivity contribution is 5.98. The average Bonchev–Trinajstić information content (AvgIpc) is 2.84. The fourth-order valence-electron chi connectivity index (χ4n) is 4.17. The summed E-state index contributed by atoms with van der Waals surface area (Å²) in [6.45, 7) is -1.10. The summed E-state index contributed by atoms with van der Waals surface area (Å²) in [6, 6.07) is 12.9. The zero-order valence-corrected chi connectivity index (χ0v) is 18.1. The van der Waals surface area contributed by atoms with E-state index in [2.05, 4.69) is 4.74 Å². The SMILES string of the molecule is O=C(c1ccc(N2CCCCC2=O)cc1)N1CCN(C(=O)c2ccccc2OC(F)F)CC1. The Labute approximate surface area is 190 Å². The lowest BCUT2D eigenvalue weighted by Crippen LogP contribution is -2.50. The molecule has 0 spiro atoms. The maximum atomic E-state index is 12.9. The third-order valence-electron chi connectivity index (χ3n) is 5.94. The van der Waals surface area contributed by atoms with E-state index in [1.54, 1.807) is 40.1 Å². The second kappa shape index (κ2) is 9.97. The van der Waals surface area contributed by atoms with Gasteiger partial charge in [0.05, 0.1) is 5.56 Å². The van der Waals surface area contributed by atoms with E-state index < -0.39 is 12.5 Å². The topological polar surface area (TPSA) is 70.2 Å². The van der Waals surface area contributed by atoms with E-state index >= 15 is 0 Å². The molecule has 2 heterocycles. The van der Waals surface area contributed by atoms with Crippen LogP contribution >= 0.6 is 0 Å². The highest BCUT2D eigenvalue weighted by Crippen LogP contribution is 2.24. The molecule has 0 unspecified atom stereocenters. The van der Waals surface area contributed by atoms with Crippen molar-refractivity contribution in [2.45, 2.75) is 25.9 Å². The van der Waals surface area contributed by atoms with Crippen LogP contribution in [0.2, 0.25) is 0 Å². The molecule has 2 aromatic rings. The second-order valence-electron chi connectivity index (χ2n) is 8.01. The van der Waals surface area contributed by atoms with Gasteiger partial charge in [-0.25, -0.2) is 0 Å². The molecule has 7 nitrogen and oxygen atoms in total. The number of rotatable bonds is 5. The first-order valence-corrected chi connectivity index (χ1v) is 11.0. The van der Waals surface area contributed by atoms with Gasteiger partial charge in [-0.2, -0.15) is 8.78 Å². The smallest absolute Gasteiger partial charge is 0.387 e. The van der Waals surface area contributed by atoms with Crippen molar-refractivity contribution in [2.24, 2.45) is 0 Å². The number of benzene rings is 2. The highest BCUT2D eigenvalue weighted by atomic mass is 19.3. The molecule has 174 valence electrons. The molecule has 2 saturated heterocycles. The maximum Gasteiger partial charge on any atom is 0.387 e. The van der Waals surface area contributed by atoms with Gasteiger partial charge in [-0.05, 0) is 49.2 Å². The molecule has 0 N–H and O–H groups in total. The molecule has 9 heteroatoms. The zero-order chi connectivity index (χ0) is 23.4. The number of piperidine rings is 1. The number of nitrogens with zero attached hydrogens (tertiary/aromatic N) is 3. The summed E-state index contributed by atoms with van der Waals surface area (Å²) in [5, 5.41) is 0. The van der Waals surface area contributed by atoms with Gasteiger partial charge in [-0.1, -0.05) is 12.1 Å². The highest BCUT2D eigenvalue weighted by Gasteiger charge is 2.28. The van der Waals surface area contributed by atoms with Crippen molar-refractivity contribution in [1.29, 1.82) is 0 Å². The normalized spacial score (nSPS) is 16.8. The van der Waals surface area contributed by atoms with Crippen molar-refractivity contribution in [1.82, 2.24) is 9.80 Å². The van der Waals surface area contributed by atoms with Crippen LogP contribution in [0.25, 0.3) is 0 Å². The Bertz CT molecular complexity index is 1020. The molecule has 2 aliphatic heterocycles. The summed E-state index contributed by atoms with van der Waals surface area (Å²) in [6.07, 6.45) is 2.42. The van der Waals surface area contributed by atoms with Crippen LogP contribution < -0.4 is 9.64 Å². The van der Waals surface area contributed by atoms with Gasteiger partial charge in [0.25, 0.3) is 11.8 Å².